The lowest BCUT2D eigenvalue weighted by atomic mass is 9.86. The fraction of sp³-hybridized carbons (Fsp3) is 0.846. The first-order valence-electron chi connectivity index (χ1n) is 6.75. The predicted molar refractivity (Wildman–Crippen MR) is 69.4 cm³/mol. The number of carbonyl (C=O) groups is 2. The van der Waals surface area contributed by atoms with Crippen LogP contribution in [0.5, 0.6) is 0 Å². The molecular weight excluding hydrogens is 232 g/mol. The molecule has 1 fully saturated rings. The van der Waals surface area contributed by atoms with Crippen molar-refractivity contribution in [3.05, 3.63) is 0 Å². The Morgan fingerprint density at radius 2 is 1.89 bits per heavy atom. The minimum atomic E-state index is -0.790. The molecule has 0 bridgehead atoms. The van der Waals surface area contributed by atoms with Crippen LogP contribution in [-0.2, 0) is 4.79 Å². The molecule has 1 atom stereocenters. The molecule has 0 aliphatic heterocycles. The van der Waals surface area contributed by atoms with E-state index in [1.165, 1.54) is 0 Å². The van der Waals surface area contributed by atoms with Crippen LogP contribution in [-0.4, -0.2) is 30.2 Å². The number of rotatable bonds is 6. The summed E-state index contributed by atoms with van der Waals surface area (Å²) in [5.74, 6) is -0.349. The summed E-state index contributed by atoms with van der Waals surface area (Å²) in [5.41, 5.74) is -0.742. The molecule has 3 N–H and O–H groups in total. The third kappa shape index (κ3) is 3.89. The summed E-state index contributed by atoms with van der Waals surface area (Å²) in [5, 5.41) is 14.7. The molecule has 1 aliphatic rings. The molecule has 1 unspecified atom stereocenters. The Balaban J connectivity index is 2.34. The Hall–Kier alpha value is -1.26. The number of aliphatic carboxylic acids is 1. The smallest absolute Gasteiger partial charge is 0.314 e. The highest BCUT2D eigenvalue weighted by Crippen LogP contribution is 2.37. The van der Waals surface area contributed by atoms with Gasteiger partial charge in [-0.1, -0.05) is 33.1 Å². The second-order valence-electron chi connectivity index (χ2n) is 5.37. The van der Waals surface area contributed by atoms with Crippen LogP contribution in [0, 0.1) is 11.3 Å². The highest BCUT2D eigenvalue weighted by atomic mass is 16.4. The summed E-state index contributed by atoms with van der Waals surface area (Å²) in [6.07, 6.45) is 4.20. The van der Waals surface area contributed by atoms with Crippen molar-refractivity contribution >= 4 is 12.0 Å². The lowest BCUT2D eigenvalue weighted by Crippen LogP contribution is -2.45. The van der Waals surface area contributed by atoms with Crippen molar-refractivity contribution in [2.24, 2.45) is 11.3 Å². The number of nitrogens with one attached hydrogen (secondary N) is 2. The molecule has 0 radical (unpaired) electrons. The van der Waals surface area contributed by atoms with Crippen molar-refractivity contribution in [1.82, 2.24) is 10.6 Å². The van der Waals surface area contributed by atoms with E-state index in [-0.39, 0.29) is 12.6 Å². The van der Waals surface area contributed by atoms with Crippen LogP contribution in [0.15, 0.2) is 0 Å². The number of carbonyl (C=O) groups excluding carboxylic acids is 1. The van der Waals surface area contributed by atoms with E-state index in [1.807, 2.05) is 0 Å². The van der Waals surface area contributed by atoms with Gasteiger partial charge in [0, 0.05) is 13.1 Å². The van der Waals surface area contributed by atoms with Crippen LogP contribution >= 0.6 is 0 Å². The van der Waals surface area contributed by atoms with Gasteiger partial charge in [-0.3, -0.25) is 4.79 Å². The number of hydrogen-bond acceptors (Lipinski definition) is 2. The first kappa shape index (κ1) is 14.8. The van der Waals surface area contributed by atoms with E-state index in [0.717, 1.165) is 19.3 Å². The van der Waals surface area contributed by atoms with Crippen molar-refractivity contribution in [2.75, 3.05) is 13.1 Å². The summed E-state index contributed by atoms with van der Waals surface area (Å²) >= 11 is 0. The SMILES string of the molecule is CCC(C)CNC(=O)NCC1(C(=O)O)CCCC1. The molecule has 5 heteroatoms. The van der Waals surface area contributed by atoms with Gasteiger partial charge in [-0.2, -0.15) is 0 Å². The van der Waals surface area contributed by atoms with Gasteiger partial charge in [-0.25, -0.2) is 4.79 Å². The van der Waals surface area contributed by atoms with Gasteiger partial charge < -0.3 is 15.7 Å². The Bertz CT molecular complexity index is 299. The minimum absolute atomic E-state index is 0.231. The minimum Gasteiger partial charge on any atom is -0.481 e. The van der Waals surface area contributed by atoms with Gasteiger partial charge in [0.2, 0.25) is 0 Å². The maximum atomic E-state index is 11.6. The molecule has 0 spiro atoms. The van der Waals surface area contributed by atoms with Gasteiger partial charge in [-0.15, -0.1) is 0 Å². The first-order chi connectivity index (χ1) is 8.50. The summed E-state index contributed by atoms with van der Waals surface area (Å²) < 4.78 is 0. The molecule has 0 aromatic rings. The third-order valence-corrected chi connectivity index (χ3v) is 3.91. The van der Waals surface area contributed by atoms with Crippen molar-refractivity contribution in [3.63, 3.8) is 0 Å². The zero-order valence-corrected chi connectivity index (χ0v) is 11.3. The van der Waals surface area contributed by atoms with E-state index < -0.39 is 11.4 Å². The van der Waals surface area contributed by atoms with E-state index in [1.54, 1.807) is 0 Å². The molecule has 0 heterocycles. The Kier molecular flexibility index (Phi) is 5.44. The van der Waals surface area contributed by atoms with Gasteiger partial charge in [0.15, 0.2) is 0 Å². The summed E-state index contributed by atoms with van der Waals surface area (Å²) in [4.78, 5) is 22.8. The largest absolute Gasteiger partial charge is 0.481 e. The molecule has 104 valence electrons. The second-order valence-corrected chi connectivity index (χ2v) is 5.37. The first-order valence-corrected chi connectivity index (χ1v) is 6.75. The predicted octanol–water partition coefficient (Wildman–Crippen LogP) is 1.98. The van der Waals surface area contributed by atoms with Gasteiger partial charge in [0.05, 0.1) is 5.41 Å². The van der Waals surface area contributed by atoms with Gasteiger partial charge >= 0.3 is 12.0 Å². The van der Waals surface area contributed by atoms with Crippen LogP contribution < -0.4 is 10.6 Å². The zero-order valence-electron chi connectivity index (χ0n) is 11.3. The lowest BCUT2D eigenvalue weighted by molar-refractivity contribution is -0.148. The Morgan fingerprint density at radius 1 is 1.28 bits per heavy atom. The monoisotopic (exact) mass is 256 g/mol. The molecule has 0 aromatic heterocycles. The quantitative estimate of drug-likeness (QED) is 0.680. The molecule has 0 saturated heterocycles. The molecule has 1 aliphatic carbocycles. The number of amides is 2. The fourth-order valence-electron chi connectivity index (χ4n) is 2.24. The average Bonchev–Trinajstić information content (AvgIpc) is 2.83. The van der Waals surface area contributed by atoms with Crippen molar-refractivity contribution < 1.29 is 14.7 Å². The average molecular weight is 256 g/mol. The van der Waals surface area contributed by atoms with Gasteiger partial charge in [0.1, 0.15) is 0 Å². The van der Waals surface area contributed by atoms with E-state index in [4.69, 9.17) is 0 Å². The van der Waals surface area contributed by atoms with Crippen LogP contribution in [0.4, 0.5) is 4.79 Å². The molecule has 1 saturated carbocycles. The highest BCUT2D eigenvalue weighted by molar-refractivity contribution is 5.78. The molecule has 18 heavy (non-hydrogen) atoms. The fourth-order valence-corrected chi connectivity index (χ4v) is 2.24. The lowest BCUT2D eigenvalue weighted by Gasteiger charge is -2.24. The van der Waals surface area contributed by atoms with E-state index in [9.17, 15) is 14.7 Å². The number of carboxylic acids is 1. The van der Waals surface area contributed by atoms with Crippen LogP contribution in [0.3, 0.4) is 0 Å². The standard InChI is InChI=1S/C13H24N2O3/c1-3-10(2)8-14-12(18)15-9-13(11(16)17)6-4-5-7-13/h10H,3-9H2,1-2H3,(H,16,17)(H2,14,15,18). The summed E-state index contributed by atoms with van der Waals surface area (Å²) in [6, 6.07) is -0.261. The molecular formula is C13H24N2O3. The molecule has 5 nitrogen and oxygen atoms in total. The summed E-state index contributed by atoms with van der Waals surface area (Å²) in [6.45, 7) is 5.00. The molecule has 1 rings (SSSR count). The zero-order chi connectivity index (χ0) is 13.6. The highest BCUT2D eigenvalue weighted by Gasteiger charge is 2.41. The molecule has 2 amide bonds. The van der Waals surface area contributed by atoms with Gasteiger partial charge in [-0.05, 0) is 18.8 Å². The maximum Gasteiger partial charge on any atom is 0.314 e. The van der Waals surface area contributed by atoms with Crippen LogP contribution in [0.1, 0.15) is 46.0 Å². The van der Waals surface area contributed by atoms with E-state index >= 15 is 0 Å². The van der Waals surface area contributed by atoms with Crippen molar-refractivity contribution in [1.29, 1.82) is 0 Å². The second kappa shape index (κ2) is 6.61. The van der Waals surface area contributed by atoms with Gasteiger partial charge in [0.25, 0.3) is 0 Å². The topological polar surface area (TPSA) is 78.4 Å². The summed E-state index contributed by atoms with van der Waals surface area (Å²) in [7, 11) is 0. The van der Waals surface area contributed by atoms with E-state index in [2.05, 4.69) is 24.5 Å². The third-order valence-electron chi connectivity index (χ3n) is 3.91. The number of hydrogen-bond donors (Lipinski definition) is 3. The maximum absolute atomic E-state index is 11.6. The van der Waals surface area contributed by atoms with Crippen molar-refractivity contribution in [3.8, 4) is 0 Å². The van der Waals surface area contributed by atoms with Crippen molar-refractivity contribution in [2.45, 2.75) is 46.0 Å². The van der Waals surface area contributed by atoms with Crippen LogP contribution in [0.25, 0.3) is 0 Å². The van der Waals surface area contributed by atoms with E-state index in [0.29, 0.717) is 25.3 Å². The normalized spacial score (nSPS) is 19.2. The molecule has 0 aromatic carbocycles. The Morgan fingerprint density at radius 3 is 2.39 bits per heavy atom. The number of carboxylic acid groups (broad SMARTS) is 1. The Labute approximate surface area is 108 Å². The number of urea groups is 1. The van der Waals surface area contributed by atoms with Crippen LogP contribution in [0.2, 0.25) is 0 Å².